The zero-order chi connectivity index (χ0) is 17.0. The smallest absolute Gasteiger partial charge is 0.280 e. The van der Waals surface area contributed by atoms with Crippen LogP contribution in [0.15, 0.2) is 47.4 Å². The molecular formula is C19H17N5O. The van der Waals surface area contributed by atoms with Crippen LogP contribution in [0, 0.1) is 0 Å². The predicted molar refractivity (Wildman–Crippen MR) is 95.6 cm³/mol. The van der Waals surface area contributed by atoms with Gasteiger partial charge in [0.25, 0.3) is 5.56 Å². The maximum Gasteiger partial charge on any atom is 0.280 e. The molecule has 0 aliphatic heterocycles. The van der Waals surface area contributed by atoms with Gasteiger partial charge < -0.3 is 4.57 Å². The van der Waals surface area contributed by atoms with Crippen molar-refractivity contribution in [2.24, 2.45) is 0 Å². The van der Waals surface area contributed by atoms with E-state index in [0.717, 1.165) is 36.1 Å². The second kappa shape index (κ2) is 5.24. The summed E-state index contributed by atoms with van der Waals surface area (Å²) in [5.74, 6) is 0. The molecule has 1 aromatic carbocycles. The van der Waals surface area contributed by atoms with Gasteiger partial charge in [0.2, 0.25) is 0 Å². The van der Waals surface area contributed by atoms with Gasteiger partial charge in [-0.25, -0.2) is 4.52 Å². The molecule has 1 aliphatic carbocycles. The van der Waals surface area contributed by atoms with Crippen molar-refractivity contribution in [3.8, 4) is 11.1 Å². The largest absolute Gasteiger partial charge is 0.310 e. The van der Waals surface area contributed by atoms with E-state index in [9.17, 15) is 4.79 Å². The van der Waals surface area contributed by atoms with E-state index in [1.807, 2.05) is 42.6 Å². The Morgan fingerprint density at radius 1 is 1.12 bits per heavy atom. The fourth-order valence-electron chi connectivity index (χ4n) is 3.39. The minimum absolute atomic E-state index is 0.0794. The van der Waals surface area contributed by atoms with Crippen LogP contribution < -0.4 is 5.56 Å². The van der Waals surface area contributed by atoms with Crippen LogP contribution in [-0.4, -0.2) is 24.4 Å². The van der Waals surface area contributed by atoms with Crippen molar-refractivity contribution in [3.05, 3.63) is 58.6 Å². The van der Waals surface area contributed by atoms with Crippen LogP contribution in [0.2, 0.25) is 0 Å². The van der Waals surface area contributed by atoms with Crippen molar-refractivity contribution in [2.45, 2.75) is 32.2 Å². The summed E-state index contributed by atoms with van der Waals surface area (Å²) in [7, 11) is 0. The molecule has 25 heavy (non-hydrogen) atoms. The number of rotatable bonds is 3. The topological polar surface area (TPSA) is 65.1 Å². The fraction of sp³-hybridized carbons (Fsp3) is 0.263. The van der Waals surface area contributed by atoms with Gasteiger partial charge in [-0.2, -0.15) is 5.10 Å². The SMILES string of the molecule is CCc1nn2c(nnc3c(=O)n(C4CC4)ccc32)c1-c1ccccc1. The molecule has 1 saturated carbocycles. The minimum atomic E-state index is -0.0794. The van der Waals surface area contributed by atoms with Gasteiger partial charge in [-0.05, 0) is 30.9 Å². The molecule has 124 valence electrons. The van der Waals surface area contributed by atoms with Gasteiger partial charge in [0.15, 0.2) is 11.2 Å². The standard InChI is InChI=1S/C19H17N5O/c1-2-14-16(12-6-4-3-5-7-12)18-21-20-17-15(24(18)22-14)10-11-23(19(17)25)13-8-9-13/h3-7,10-11,13H,2,8-9H2,1H3. The molecule has 4 aromatic rings. The number of pyridine rings is 1. The lowest BCUT2D eigenvalue weighted by Gasteiger charge is -2.05. The van der Waals surface area contributed by atoms with E-state index in [1.54, 1.807) is 9.08 Å². The van der Waals surface area contributed by atoms with Crippen LogP contribution in [0.3, 0.4) is 0 Å². The number of fused-ring (bicyclic) bond motifs is 3. The maximum atomic E-state index is 12.7. The van der Waals surface area contributed by atoms with Crippen molar-refractivity contribution in [2.75, 3.05) is 0 Å². The van der Waals surface area contributed by atoms with Crippen molar-refractivity contribution in [1.82, 2.24) is 24.4 Å². The lowest BCUT2D eigenvalue weighted by molar-refractivity contribution is 0.709. The molecule has 3 heterocycles. The Bertz CT molecular complexity index is 1160. The second-order valence-electron chi connectivity index (χ2n) is 6.47. The van der Waals surface area contributed by atoms with Gasteiger partial charge in [0.1, 0.15) is 5.52 Å². The summed E-state index contributed by atoms with van der Waals surface area (Å²) in [6, 6.07) is 12.3. The fourth-order valence-corrected chi connectivity index (χ4v) is 3.39. The van der Waals surface area contributed by atoms with Crippen LogP contribution in [0.5, 0.6) is 0 Å². The third-order valence-electron chi connectivity index (χ3n) is 4.82. The van der Waals surface area contributed by atoms with E-state index in [4.69, 9.17) is 5.10 Å². The van der Waals surface area contributed by atoms with Gasteiger partial charge in [-0.15, -0.1) is 10.2 Å². The lowest BCUT2D eigenvalue weighted by atomic mass is 10.0. The Balaban J connectivity index is 1.84. The number of benzene rings is 1. The average Bonchev–Trinajstić information content (AvgIpc) is 3.41. The number of hydrogen-bond donors (Lipinski definition) is 0. The summed E-state index contributed by atoms with van der Waals surface area (Å²) in [5.41, 5.74) is 4.72. The molecule has 1 fully saturated rings. The van der Waals surface area contributed by atoms with Crippen molar-refractivity contribution in [3.63, 3.8) is 0 Å². The van der Waals surface area contributed by atoms with E-state index in [-0.39, 0.29) is 5.56 Å². The molecule has 0 bridgehead atoms. The molecule has 6 heteroatoms. The molecule has 6 nitrogen and oxygen atoms in total. The first-order chi connectivity index (χ1) is 12.3. The summed E-state index contributed by atoms with van der Waals surface area (Å²) >= 11 is 0. The Morgan fingerprint density at radius 2 is 1.92 bits per heavy atom. The third-order valence-corrected chi connectivity index (χ3v) is 4.82. The number of hydrogen-bond acceptors (Lipinski definition) is 4. The molecule has 5 rings (SSSR count). The number of aryl methyl sites for hydroxylation is 1. The Hall–Kier alpha value is -3.02. The van der Waals surface area contributed by atoms with Crippen LogP contribution in [-0.2, 0) is 6.42 Å². The molecule has 1 aliphatic rings. The molecule has 0 radical (unpaired) electrons. The molecule has 3 aromatic heterocycles. The average molecular weight is 331 g/mol. The molecule has 0 saturated heterocycles. The lowest BCUT2D eigenvalue weighted by Crippen LogP contribution is -2.20. The molecule has 0 amide bonds. The van der Waals surface area contributed by atoms with Gasteiger partial charge >= 0.3 is 0 Å². The van der Waals surface area contributed by atoms with E-state index in [1.165, 1.54) is 0 Å². The summed E-state index contributed by atoms with van der Waals surface area (Å²) in [6.07, 6.45) is 4.76. The maximum absolute atomic E-state index is 12.7. The van der Waals surface area contributed by atoms with Crippen LogP contribution >= 0.6 is 0 Å². The first kappa shape index (κ1) is 14.3. The monoisotopic (exact) mass is 331 g/mol. The first-order valence-corrected chi connectivity index (χ1v) is 8.62. The van der Waals surface area contributed by atoms with E-state index in [2.05, 4.69) is 17.1 Å². The Kier molecular flexibility index (Phi) is 3.00. The zero-order valence-corrected chi connectivity index (χ0v) is 13.9. The Morgan fingerprint density at radius 3 is 2.64 bits per heavy atom. The molecule has 0 spiro atoms. The second-order valence-corrected chi connectivity index (χ2v) is 6.47. The van der Waals surface area contributed by atoms with Gasteiger partial charge in [-0.1, -0.05) is 37.3 Å². The third kappa shape index (κ3) is 2.10. The quantitative estimate of drug-likeness (QED) is 0.579. The van der Waals surface area contributed by atoms with Crippen molar-refractivity contribution >= 4 is 16.7 Å². The van der Waals surface area contributed by atoms with E-state index < -0.39 is 0 Å². The van der Waals surface area contributed by atoms with Crippen molar-refractivity contribution in [1.29, 1.82) is 0 Å². The first-order valence-electron chi connectivity index (χ1n) is 8.62. The summed E-state index contributed by atoms with van der Waals surface area (Å²) in [6.45, 7) is 2.07. The molecular weight excluding hydrogens is 314 g/mol. The summed E-state index contributed by atoms with van der Waals surface area (Å²) in [4.78, 5) is 12.7. The molecule has 0 N–H and O–H groups in total. The van der Waals surface area contributed by atoms with Crippen molar-refractivity contribution < 1.29 is 0 Å². The molecule has 0 unspecified atom stereocenters. The summed E-state index contributed by atoms with van der Waals surface area (Å²) in [5, 5.41) is 13.4. The highest BCUT2D eigenvalue weighted by Gasteiger charge is 2.26. The highest BCUT2D eigenvalue weighted by molar-refractivity contribution is 5.84. The number of aromatic nitrogens is 5. The number of nitrogens with zero attached hydrogens (tertiary/aromatic N) is 5. The normalized spacial score (nSPS) is 14.4. The predicted octanol–water partition coefficient (Wildman–Crippen LogP) is 3.00. The van der Waals surface area contributed by atoms with E-state index in [0.29, 0.717) is 22.7 Å². The zero-order valence-electron chi connectivity index (χ0n) is 13.9. The van der Waals surface area contributed by atoms with E-state index >= 15 is 0 Å². The highest BCUT2D eigenvalue weighted by Crippen LogP contribution is 2.34. The van der Waals surface area contributed by atoms with Gasteiger partial charge in [0.05, 0.1) is 11.3 Å². The van der Waals surface area contributed by atoms with Gasteiger partial charge in [0, 0.05) is 12.2 Å². The van der Waals surface area contributed by atoms with Crippen LogP contribution in [0.1, 0.15) is 31.5 Å². The minimum Gasteiger partial charge on any atom is -0.310 e. The van der Waals surface area contributed by atoms with Gasteiger partial charge in [-0.3, -0.25) is 4.79 Å². The highest BCUT2D eigenvalue weighted by atomic mass is 16.1. The van der Waals surface area contributed by atoms with Crippen LogP contribution in [0.25, 0.3) is 27.8 Å². The Labute approximate surface area is 143 Å². The molecule has 0 atom stereocenters. The van der Waals surface area contributed by atoms with Crippen LogP contribution in [0.4, 0.5) is 0 Å². The summed E-state index contributed by atoms with van der Waals surface area (Å²) < 4.78 is 3.54.